The van der Waals surface area contributed by atoms with Crippen LogP contribution in [0.3, 0.4) is 0 Å². The fourth-order valence-electron chi connectivity index (χ4n) is 4.56. The molecule has 1 unspecified atom stereocenters. The second-order valence-corrected chi connectivity index (χ2v) is 9.21. The van der Waals surface area contributed by atoms with E-state index in [2.05, 4.69) is 46.4 Å². The van der Waals surface area contributed by atoms with Crippen molar-refractivity contribution >= 4 is 16.6 Å². The van der Waals surface area contributed by atoms with Crippen LogP contribution in [0.4, 0.5) is 0 Å². The lowest BCUT2D eigenvalue weighted by Crippen LogP contribution is -2.28. The Morgan fingerprint density at radius 2 is 2.00 bits per heavy atom. The van der Waals surface area contributed by atoms with Gasteiger partial charge in [-0.3, -0.25) is 9.30 Å². The molecule has 1 aliphatic heterocycles. The highest BCUT2D eigenvalue weighted by Gasteiger charge is 2.25. The third-order valence-corrected chi connectivity index (χ3v) is 6.80. The lowest BCUT2D eigenvalue weighted by molar-refractivity contribution is 0.259. The van der Waals surface area contributed by atoms with E-state index in [1.165, 1.54) is 18.4 Å². The minimum Gasteiger partial charge on any atom is -0.491 e. The fraction of sp³-hybridized carbons (Fsp3) is 0.400. The minimum absolute atomic E-state index is 0.268. The number of likely N-dealkylation sites (tertiary alicyclic amines) is 1. The molecule has 1 saturated carbocycles. The Labute approximate surface area is 187 Å². The van der Waals surface area contributed by atoms with Gasteiger partial charge in [-0.05, 0) is 55.9 Å². The summed E-state index contributed by atoms with van der Waals surface area (Å²) in [5, 5.41) is 9.92. The van der Waals surface area contributed by atoms with Crippen LogP contribution in [0.15, 0.2) is 48.7 Å². The molecule has 1 aromatic carbocycles. The number of hydrogen-bond acceptors (Lipinski definition) is 6. The summed E-state index contributed by atoms with van der Waals surface area (Å²) in [5.74, 6) is 2.27. The van der Waals surface area contributed by atoms with Crippen molar-refractivity contribution in [3.05, 3.63) is 54.2 Å². The highest BCUT2D eigenvalue weighted by molar-refractivity contribution is 5.86. The molecule has 0 radical (unpaired) electrons. The predicted octanol–water partition coefficient (Wildman–Crippen LogP) is 3.83. The van der Waals surface area contributed by atoms with Gasteiger partial charge in [0.2, 0.25) is 0 Å². The molecule has 6 rings (SSSR count). The summed E-state index contributed by atoms with van der Waals surface area (Å²) in [6, 6.07) is 14.9. The maximum Gasteiger partial charge on any atom is 0.187 e. The SMILES string of the molecule is CC(c1ccc2nnc(-c3ccc4cccc(OCC5CC5)c4n3)n2c1)N1CC[C@H](N)C1. The van der Waals surface area contributed by atoms with Gasteiger partial charge in [0.05, 0.1) is 6.61 Å². The van der Waals surface area contributed by atoms with Crippen LogP contribution in [0.5, 0.6) is 5.75 Å². The minimum atomic E-state index is 0.268. The normalized spacial score (nSPS) is 20.2. The predicted molar refractivity (Wildman–Crippen MR) is 125 cm³/mol. The van der Waals surface area contributed by atoms with E-state index in [1.54, 1.807) is 0 Å². The lowest BCUT2D eigenvalue weighted by atomic mass is 10.1. The summed E-state index contributed by atoms with van der Waals surface area (Å²) in [6.45, 7) is 4.97. The smallest absolute Gasteiger partial charge is 0.187 e. The van der Waals surface area contributed by atoms with E-state index in [4.69, 9.17) is 15.5 Å². The van der Waals surface area contributed by atoms with Gasteiger partial charge in [0.25, 0.3) is 0 Å². The second kappa shape index (κ2) is 7.83. The van der Waals surface area contributed by atoms with Crippen LogP contribution in [0.1, 0.15) is 37.8 Å². The maximum absolute atomic E-state index is 6.13. The summed E-state index contributed by atoms with van der Waals surface area (Å²) >= 11 is 0. The topological polar surface area (TPSA) is 81.6 Å². The molecule has 2 aliphatic rings. The summed E-state index contributed by atoms with van der Waals surface area (Å²) < 4.78 is 8.14. The third-order valence-electron chi connectivity index (χ3n) is 6.80. The van der Waals surface area contributed by atoms with E-state index in [9.17, 15) is 0 Å². The Kier molecular flexibility index (Phi) is 4.81. The van der Waals surface area contributed by atoms with Crippen molar-refractivity contribution in [1.82, 2.24) is 24.5 Å². The number of fused-ring (bicyclic) bond motifs is 2. The first-order chi connectivity index (χ1) is 15.7. The molecule has 2 atom stereocenters. The van der Waals surface area contributed by atoms with E-state index >= 15 is 0 Å². The van der Waals surface area contributed by atoms with Gasteiger partial charge in [-0.1, -0.05) is 24.3 Å². The summed E-state index contributed by atoms with van der Waals surface area (Å²) in [6.07, 6.45) is 5.72. The summed E-state index contributed by atoms with van der Waals surface area (Å²) in [7, 11) is 0. The quantitative estimate of drug-likeness (QED) is 0.503. The van der Waals surface area contributed by atoms with Gasteiger partial charge in [0, 0.05) is 36.8 Å². The Morgan fingerprint density at radius 1 is 1.09 bits per heavy atom. The Bertz CT molecular complexity index is 1280. The zero-order chi connectivity index (χ0) is 21.7. The van der Waals surface area contributed by atoms with Crippen LogP contribution in [0.2, 0.25) is 0 Å². The van der Waals surface area contributed by atoms with Crippen molar-refractivity contribution in [3.63, 3.8) is 0 Å². The van der Waals surface area contributed by atoms with E-state index < -0.39 is 0 Å². The molecule has 2 N–H and O–H groups in total. The molecule has 7 heteroatoms. The molecule has 164 valence electrons. The van der Waals surface area contributed by atoms with Crippen molar-refractivity contribution in [2.45, 2.75) is 38.3 Å². The third kappa shape index (κ3) is 3.61. The molecule has 32 heavy (non-hydrogen) atoms. The lowest BCUT2D eigenvalue weighted by Gasteiger charge is -2.24. The molecule has 3 aromatic heterocycles. The van der Waals surface area contributed by atoms with Crippen molar-refractivity contribution in [2.75, 3.05) is 19.7 Å². The standard InChI is InChI=1S/C25H28N6O/c1-16(30-12-11-20(26)14-30)19-8-10-23-28-29-25(31(23)13-19)21-9-7-18-3-2-4-22(24(18)27-21)32-15-17-5-6-17/h2-4,7-10,13,16-17,20H,5-6,11-12,14-15,26H2,1H3/t16?,20-/m0/s1. The summed E-state index contributed by atoms with van der Waals surface area (Å²) in [4.78, 5) is 7.39. The maximum atomic E-state index is 6.13. The van der Waals surface area contributed by atoms with Crippen molar-refractivity contribution in [3.8, 4) is 17.3 Å². The fourth-order valence-corrected chi connectivity index (χ4v) is 4.56. The van der Waals surface area contributed by atoms with E-state index in [0.717, 1.165) is 59.9 Å². The van der Waals surface area contributed by atoms with Crippen molar-refractivity contribution in [2.24, 2.45) is 11.7 Å². The monoisotopic (exact) mass is 428 g/mol. The van der Waals surface area contributed by atoms with Crippen LogP contribution in [-0.4, -0.2) is 50.2 Å². The molecule has 1 saturated heterocycles. The van der Waals surface area contributed by atoms with Crippen molar-refractivity contribution < 1.29 is 4.74 Å². The number of nitrogens with zero attached hydrogens (tertiary/aromatic N) is 5. The Morgan fingerprint density at radius 3 is 2.81 bits per heavy atom. The number of aromatic nitrogens is 4. The second-order valence-electron chi connectivity index (χ2n) is 9.21. The van der Waals surface area contributed by atoms with Crippen molar-refractivity contribution in [1.29, 1.82) is 0 Å². The first-order valence-electron chi connectivity index (χ1n) is 11.5. The van der Waals surface area contributed by atoms with Gasteiger partial charge in [0.15, 0.2) is 11.5 Å². The zero-order valence-electron chi connectivity index (χ0n) is 18.3. The van der Waals surface area contributed by atoms with E-state index in [1.807, 2.05) is 28.7 Å². The highest BCUT2D eigenvalue weighted by atomic mass is 16.5. The zero-order valence-corrected chi connectivity index (χ0v) is 18.3. The highest BCUT2D eigenvalue weighted by Crippen LogP contribution is 2.32. The average molecular weight is 429 g/mol. The van der Waals surface area contributed by atoms with Gasteiger partial charge in [0.1, 0.15) is 17.0 Å². The molecular formula is C25H28N6O. The largest absolute Gasteiger partial charge is 0.491 e. The van der Waals surface area contributed by atoms with Gasteiger partial charge in [-0.25, -0.2) is 4.98 Å². The van der Waals surface area contributed by atoms with Crippen LogP contribution in [0.25, 0.3) is 28.1 Å². The molecule has 4 heterocycles. The number of para-hydroxylation sites is 1. The molecule has 0 amide bonds. The Hall–Kier alpha value is -3.03. The number of ether oxygens (including phenoxy) is 1. The van der Waals surface area contributed by atoms with Gasteiger partial charge in [-0.2, -0.15) is 0 Å². The number of nitrogens with two attached hydrogens (primary N) is 1. The van der Waals surface area contributed by atoms with Gasteiger partial charge < -0.3 is 10.5 Å². The number of pyridine rings is 2. The number of hydrogen-bond donors (Lipinski definition) is 1. The molecule has 1 aliphatic carbocycles. The van der Waals surface area contributed by atoms with Crippen LogP contribution < -0.4 is 10.5 Å². The van der Waals surface area contributed by atoms with Gasteiger partial charge in [-0.15, -0.1) is 10.2 Å². The van der Waals surface area contributed by atoms with Crippen LogP contribution in [-0.2, 0) is 0 Å². The van der Waals surface area contributed by atoms with Crippen LogP contribution >= 0.6 is 0 Å². The first-order valence-corrected chi connectivity index (χ1v) is 11.5. The molecule has 0 bridgehead atoms. The molecule has 4 aromatic rings. The molecular weight excluding hydrogens is 400 g/mol. The summed E-state index contributed by atoms with van der Waals surface area (Å²) in [5.41, 5.74) is 9.83. The molecule has 7 nitrogen and oxygen atoms in total. The van der Waals surface area contributed by atoms with Crippen LogP contribution in [0, 0.1) is 5.92 Å². The Balaban J connectivity index is 1.37. The van der Waals surface area contributed by atoms with E-state index in [-0.39, 0.29) is 12.1 Å². The first kappa shape index (κ1) is 19.6. The molecule has 0 spiro atoms. The number of benzene rings is 1. The van der Waals surface area contributed by atoms with E-state index in [0.29, 0.717) is 5.92 Å². The molecule has 2 fully saturated rings. The van der Waals surface area contributed by atoms with Gasteiger partial charge >= 0.3 is 0 Å². The number of rotatable bonds is 6. The average Bonchev–Trinajstić information content (AvgIpc) is 3.39.